The lowest BCUT2D eigenvalue weighted by Gasteiger charge is -2.06. The van der Waals surface area contributed by atoms with E-state index in [0.717, 1.165) is 0 Å². The Morgan fingerprint density at radius 2 is 2.17 bits per heavy atom. The normalized spacial score (nSPS) is 9.94. The fourth-order valence-electron chi connectivity index (χ4n) is 1.26. The molecule has 98 valence electrons. The Labute approximate surface area is 121 Å². The fourth-order valence-corrected chi connectivity index (χ4v) is 1.76. The second-order valence-electron chi connectivity index (χ2n) is 3.25. The van der Waals surface area contributed by atoms with E-state index in [1.54, 1.807) is 25.3 Å². The van der Waals surface area contributed by atoms with Gasteiger partial charge in [0.15, 0.2) is 0 Å². The summed E-state index contributed by atoms with van der Waals surface area (Å²) < 4.78 is 10.9. The van der Waals surface area contributed by atoms with Crippen molar-refractivity contribution in [3.8, 4) is 5.75 Å². The van der Waals surface area contributed by atoms with E-state index in [9.17, 15) is 10.1 Å². The molecule has 7 heteroatoms. The van der Waals surface area contributed by atoms with Crippen LogP contribution in [-0.4, -0.2) is 25.2 Å². The number of ether oxygens (including phenoxy) is 2. The molecule has 5 nitrogen and oxygen atoms in total. The quantitative estimate of drug-likeness (QED) is 0.428. The van der Waals surface area contributed by atoms with E-state index in [1.807, 2.05) is 0 Å². The van der Waals surface area contributed by atoms with Gasteiger partial charge in [-0.05, 0) is 50.1 Å². The maximum Gasteiger partial charge on any atom is 0.276 e. The summed E-state index contributed by atoms with van der Waals surface area (Å²) in [5, 5.41) is 10.9. The topological polar surface area (TPSA) is 61.6 Å². The molecule has 0 aliphatic rings. The second-order valence-corrected chi connectivity index (χ2v) is 6.03. The number of nitrogens with zero attached hydrogens (tertiary/aromatic N) is 1. The number of hydrogen-bond donors (Lipinski definition) is 0. The number of hydrogen-bond acceptors (Lipinski definition) is 4. The first-order valence-corrected chi connectivity index (χ1v) is 6.56. The molecule has 1 aromatic carbocycles. The van der Waals surface area contributed by atoms with E-state index in [-0.39, 0.29) is 5.69 Å². The molecule has 0 heterocycles. The monoisotopic (exact) mass is 379 g/mol. The lowest BCUT2D eigenvalue weighted by Crippen LogP contribution is -2.04. The van der Waals surface area contributed by atoms with Gasteiger partial charge in [-0.1, -0.05) is 0 Å². The summed E-state index contributed by atoms with van der Waals surface area (Å²) in [5.41, 5.74) is 0.476. The Bertz CT molecular complexity index is 458. The SMILES string of the molecule is COCCOc1ccc([N+](=O)[O-])c(C=C(Br)Br)c1. The number of nitro benzene ring substituents is 1. The van der Waals surface area contributed by atoms with Gasteiger partial charge in [-0.25, -0.2) is 0 Å². The minimum Gasteiger partial charge on any atom is -0.491 e. The summed E-state index contributed by atoms with van der Waals surface area (Å²) >= 11 is 6.35. The summed E-state index contributed by atoms with van der Waals surface area (Å²) in [6.07, 6.45) is 1.60. The second kappa shape index (κ2) is 7.50. The molecule has 0 unspecified atom stereocenters. The summed E-state index contributed by atoms with van der Waals surface area (Å²) in [6.45, 7) is 0.858. The number of methoxy groups -OCH3 is 1. The highest BCUT2D eigenvalue weighted by molar-refractivity contribution is 9.28. The van der Waals surface area contributed by atoms with Crippen molar-refractivity contribution in [3.05, 3.63) is 37.3 Å². The molecule has 1 rings (SSSR count). The van der Waals surface area contributed by atoms with Crippen LogP contribution in [0, 0.1) is 10.1 Å². The highest BCUT2D eigenvalue weighted by Gasteiger charge is 2.13. The zero-order valence-electron chi connectivity index (χ0n) is 9.56. The average molecular weight is 381 g/mol. The molecule has 0 atom stereocenters. The highest BCUT2D eigenvalue weighted by Crippen LogP contribution is 2.28. The maximum absolute atomic E-state index is 10.9. The lowest BCUT2D eigenvalue weighted by atomic mass is 10.1. The van der Waals surface area contributed by atoms with Gasteiger partial charge in [0.2, 0.25) is 0 Å². The van der Waals surface area contributed by atoms with Gasteiger partial charge in [-0.15, -0.1) is 0 Å². The van der Waals surface area contributed by atoms with Gasteiger partial charge in [0.25, 0.3) is 5.69 Å². The van der Waals surface area contributed by atoms with Crippen molar-refractivity contribution in [2.45, 2.75) is 0 Å². The van der Waals surface area contributed by atoms with Gasteiger partial charge >= 0.3 is 0 Å². The number of rotatable bonds is 6. The number of halogens is 2. The van der Waals surface area contributed by atoms with E-state index < -0.39 is 4.92 Å². The average Bonchev–Trinajstić information content (AvgIpc) is 2.28. The van der Waals surface area contributed by atoms with Crippen molar-refractivity contribution >= 4 is 43.6 Å². The van der Waals surface area contributed by atoms with Crippen LogP contribution in [0.25, 0.3) is 6.08 Å². The zero-order valence-corrected chi connectivity index (χ0v) is 12.7. The third kappa shape index (κ3) is 4.75. The smallest absolute Gasteiger partial charge is 0.276 e. The van der Waals surface area contributed by atoms with Crippen LogP contribution in [0.1, 0.15) is 5.56 Å². The molecule has 0 aliphatic heterocycles. The van der Waals surface area contributed by atoms with Crippen LogP contribution >= 0.6 is 31.9 Å². The predicted molar refractivity (Wildman–Crippen MR) is 76.3 cm³/mol. The molecule has 0 saturated heterocycles. The highest BCUT2D eigenvalue weighted by atomic mass is 79.9. The first-order valence-electron chi connectivity index (χ1n) is 4.97. The van der Waals surface area contributed by atoms with E-state index >= 15 is 0 Å². The van der Waals surface area contributed by atoms with E-state index in [1.165, 1.54) is 6.07 Å². The van der Waals surface area contributed by atoms with Crippen LogP contribution in [0.4, 0.5) is 5.69 Å². The molecule has 0 amide bonds. The molecule has 18 heavy (non-hydrogen) atoms. The molecular weight excluding hydrogens is 370 g/mol. The van der Waals surface area contributed by atoms with Crippen molar-refractivity contribution in [2.24, 2.45) is 0 Å². The maximum atomic E-state index is 10.9. The lowest BCUT2D eigenvalue weighted by molar-refractivity contribution is -0.385. The zero-order chi connectivity index (χ0) is 13.5. The number of nitro groups is 1. The molecule has 0 N–H and O–H groups in total. The summed E-state index contributed by atoms with van der Waals surface area (Å²) in [7, 11) is 1.58. The van der Waals surface area contributed by atoms with Crippen LogP contribution in [-0.2, 0) is 4.74 Å². The Morgan fingerprint density at radius 1 is 1.44 bits per heavy atom. The van der Waals surface area contributed by atoms with E-state index in [2.05, 4.69) is 31.9 Å². The molecule has 0 spiro atoms. The molecule has 0 saturated carbocycles. The van der Waals surface area contributed by atoms with Crippen molar-refractivity contribution < 1.29 is 14.4 Å². The fraction of sp³-hybridized carbons (Fsp3) is 0.273. The molecule has 1 aromatic rings. The summed E-state index contributed by atoms with van der Waals surface area (Å²) in [5.74, 6) is 0.560. The molecule has 0 bridgehead atoms. The van der Waals surface area contributed by atoms with Crippen LogP contribution < -0.4 is 4.74 Å². The van der Waals surface area contributed by atoms with Crippen molar-refractivity contribution in [1.82, 2.24) is 0 Å². The summed E-state index contributed by atoms with van der Waals surface area (Å²) in [4.78, 5) is 10.4. The Balaban J connectivity index is 2.98. The molecule has 0 radical (unpaired) electrons. The summed E-state index contributed by atoms with van der Waals surface area (Å²) in [6, 6.07) is 4.58. The predicted octanol–water partition coefficient (Wildman–Crippen LogP) is 3.71. The minimum atomic E-state index is -0.437. The number of benzene rings is 1. The van der Waals surface area contributed by atoms with Gasteiger partial charge in [0, 0.05) is 13.2 Å². The molecule has 0 fully saturated rings. The van der Waals surface area contributed by atoms with Crippen molar-refractivity contribution in [2.75, 3.05) is 20.3 Å². The van der Waals surface area contributed by atoms with Gasteiger partial charge in [-0.2, -0.15) is 0 Å². The van der Waals surface area contributed by atoms with Gasteiger partial charge in [0.1, 0.15) is 12.4 Å². The van der Waals surface area contributed by atoms with Crippen molar-refractivity contribution in [3.63, 3.8) is 0 Å². The minimum absolute atomic E-state index is 0.0190. The van der Waals surface area contributed by atoms with Crippen LogP contribution in [0.3, 0.4) is 0 Å². The van der Waals surface area contributed by atoms with Gasteiger partial charge in [-0.3, -0.25) is 10.1 Å². The Kier molecular flexibility index (Phi) is 6.31. The molecule has 0 aliphatic carbocycles. The van der Waals surface area contributed by atoms with Crippen LogP contribution in [0.2, 0.25) is 0 Å². The van der Waals surface area contributed by atoms with Crippen LogP contribution in [0.15, 0.2) is 21.6 Å². The van der Waals surface area contributed by atoms with Gasteiger partial charge in [0.05, 0.1) is 20.5 Å². The molecular formula is C11H11Br2NO4. The Morgan fingerprint density at radius 3 is 2.72 bits per heavy atom. The first kappa shape index (κ1) is 15.1. The third-order valence-electron chi connectivity index (χ3n) is 2.02. The van der Waals surface area contributed by atoms with E-state index in [4.69, 9.17) is 9.47 Å². The molecule has 0 aromatic heterocycles. The van der Waals surface area contributed by atoms with Gasteiger partial charge < -0.3 is 9.47 Å². The Hall–Kier alpha value is -0.920. The van der Waals surface area contributed by atoms with Crippen LogP contribution in [0.5, 0.6) is 5.75 Å². The van der Waals surface area contributed by atoms with Crippen molar-refractivity contribution in [1.29, 1.82) is 0 Å². The first-order chi connectivity index (χ1) is 8.54. The standard InChI is InChI=1S/C11H11Br2NO4/c1-17-4-5-18-9-2-3-10(14(15)16)8(6-9)7-11(12)13/h2-3,6-7H,4-5H2,1H3. The largest absolute Gasteiger partial charge is 0.491 e. The van der Waals surface area contributed by atoms with E-state index in [0.29, 0.717) is 27.9 Å². The third-order valence-corrected chi connectivity index (χ3v) is 2.47.